The van der Waals surface area contributed by atoms with Crippen LogP contribution in [0, 0.1) is 0 Å². The number of benzene rings is 5. The van der Waals surface area contributed by atoms with Crippen molar-refractivity contribution in [2.75, 3.05) is 48.8 Å². The number of carboxylic acids is 1. The maximum atomic E-state index is 13.6. The van der Waals surface area contributed by atoms with Gasteiger partial charge in [0.25, 0.3) is 30.4 Å². The Hall–Kier alpha value is -8.08. The molecule has 0 saturated heterocycles. The number of rotatable bonds is 10. The molecule has 0 saturated carbocycles. The van der Waals surface area contributed by atoms with Gasteiger partial charge >= 0.3 is 5.97 Å². The summed E-state index contributed by atoms with van der Waals surface area (Å²) in [5.41, 5.74) is 4.10. The van der Waals surface area contributed by atoms with Crippen molar-refractivity contribution in [3.8, 4) is 33.8 Å². The quantitative estimate of drug-likeness (QED) is 0.0822. The van der Waals surface area contributed by atoms with Crippen LogP contribution in [0.2, 0.25) is 0 Å². The molecule has 0 radical (unpaired) electrons. The number of nitrogens with one attached hydrogen (secondary N) is 6. The molecular formula is C49H49N7O17S3. The van der Waals surface area contributed by atoms with Crippen LogP contribution in [0.15, 0.2) is 114 Å². The normalized spacial score (nSPS) is 18.9. The maximum Gasteiger partial charge on any atom is 0.336 e. The van der Waals surface area contributed by atoms with Gasteiger partial charge in [-0.15, -0.1) is 0 Å². The smallest absolute Gasteiger partial charge is 0.336 e. The van der Waals surface area contributed by atoms with Crippen molar-refractivity contribution in [1.82, 2.24) is 26.6 Å². The first-order valence-electron chi connectivity index (χ1n) is 23.0. The van der Waals surface area contributed by atoms with Gasteiger partial charge in [0, 0.05) is 84.3 Å². The number of fused-ring (bicyclic) bond motifs is 2. The number of hydrogen-bond donors (Lipinski definition) is 10. The largest absolute Gasteiger partial charge is 0.478 e. The van der Waals surface area contributed by atoms with E-state index in [1.165, 1.54) is 6.07 Å². The molecule has 3 atom stereocenters. The van der Waals surface area contributed by atoms with Crippen LogP contribution < -0.4 is 47.2 Å². The molecule has 27 heteroatoms. The molecule has 4 bridgehead atoms. The van der Waals surface area contributed by atoms with Crippen LogP contribution in [0.3, 0.4) is 0 Å². The summed E-state index contributed by atoms with van der Waals surface area (Å²) in [6, 6.07) is 24.5. The molecule has 0 aromatic heterocycles. The topological polar surface area (TPSA) is 380 Å². The number of carbonyl (C=O) groups excluding carboxylic acids is 5. The van der Waals surface area contributed by atoms with E-state index in [-0.39, 0.29) is 43.1 Å². The van der Waals surface area contributed by atoms with Gasteiger partial charge in [-0.25, -0.2) is 4.79 Å². The third-order valence-corrected chi connectivity index (χ3v) is 13.9. The molecule has 5 amide bonds. The minimum Gasteiger partial charge on any atom is -0.478 e. The van der Waals surface area contributed by atoms with E-state index in [4.69, 9.17) is 9.73 Å². The van der Waals surface area contributed by atoms with Crippen molar-refractivity contribution in [1.29, 1.82) is 0 Å². The summed E-state index contributed by atoms with van der Waals surface area (Å²) in [6.45, 7) is -1.02. The van der Waals surface area contributed by atoms with Crippen molar-refractivity contribution in [3.63, 3.8) is 0 Å². The first-order valence-corrected chi connectivity index (χ1v) is 27.8. The van der Waals surface area contributed by atoms with Crippen LogP contribution in [-0.4, -0.2) is 141 Å². The highest BCUT2D eigenvalue weighted by atomic mass is 32.2. The van der Waals surface area contributed by atoms with Crippen molar-refractivity contribution in [2.24, 2.45) is 4.99 Å². The monoisotopic (exact) mass is 1100 g/mol. The highest BCUT2D eigenvalue weighted by molar-refractivity contribution is 7.86. The lowest BCUT2D eigenvalue weighted by atomic mass is 9.86. The van der Waals surface area contributed by atoms with Crippen LogP contribution >= 0.6 is 0 Å². The third kappa shape index (κ3) is 14.8. The number of amides is 5. The van der Waals surface area contributed by atoms with Crippen molar-refractivity contribution >= 4 is 77.1 Å². The Kier molecular flexibility index (Phi) is 17.3. The van der Waals surface area contributed by atoms with Crippen LogP contribution in [0.4, 0.5) is 5.69 Å². The predicted octanol–water partition coefficient (Wildman–Crippen LogP) is 0.247. The molecule has 3 unspecified atom stereocenters. The molecule has 76 heavy (non-hydrogen) atoms. The molecule has 0 aliphatic carbocycles. The van der Waals surface area contributed by atoms with Gasteiger partial charge in [-0.1, -0.05) is 78.9 Å². The van der Waals surface area contributed by atoms with Gasteiger partial charge < -0.3 is 41.7 Å². The van der Waals surface area contributed by atoms with Crippen LogP contribution in [-0.2, 0) is 54.3 Å². The van der Waals surface area contributed by atoms with E-state index in [1.54, 1.807) is 66.7 Å². The summed E-state index contributed by atoms with van der Waals surface area (Å²) in [6.07, 6.45) is -0.727. The summed E-state index contributed by atoms with van der Waals surface area (Å²) in [4.78, 5) is 84.6. The van der Waals surface area contributed by atoms with Crippen LogP contribution in [0.25, 0.3) is 27.8 Å². The number of ether oxygens (including phenoxy) is 1. The Morgan fingerprint density at radius 1 is 0.539 bits per heavy atom. The molecule has 400 valence electrons. The van der Waals surface area contributed by atoms with E-state index in [0.717, 1.165) is 0 Å². The van der Waals surface area contributed by atoms with Crippen molar-refractivity contribution in [2.45, 2.75) is 31.0 Å². The summed E-state index contributed by atoms with van der Waals surface area (Å²) < 4.78 is 108. The Morgan fingerprint density at radius 2 is 1.08 bits per heavy atom. The van der Waals surface area contributed by atoms with E-state index in [9.17, 15) is 72.8 Å². The zero-order valence-corrected chi connectivity index (χ0v) is 42.2. The summed E-state index contributed by atoms with van der Waals surface area (Å²) >= 11 is 0. The zero-order valence-electron chi connectivity index (χ0n) is 39.8. The molecule has 2 heterocycles. The second-order valence-corrected chi connectivity index (χ2v) is 21.7. The number of carbonyl (C=O) groups is 6. The van der Waals surface area contributed by atoms with Gasteiger partial charge in [0.2, 0.25) is 29.5 Å². The molecule has 24 nitrogen and oxygen atoms in total. The molecule has 2 aliphatic rings. The minimum atomic E-state index is -5.23. The first-order chi connectivity index (χ1) is 35.9. The molecule has 5 aromatic rings. The molecule has 7 rings (SSSR count). The summed E-state index contributed by atoms with van der Waals surface area (Å²) in [5.74, 6) is -11.6. The average Bonchev–Trinajstić information content (AvgIpc) is 3.35. The van der Waals surface area contributed by atoms with Gasteiger partial charge in [-0.05, 0) is 34.9 Å². The summed E-state index contributed by atoms with van der Waals surface area (Å²) in [5, 5.41) is 25.1. The number of anilines is 1. The molecular weight excluding hydrogens is 1050 g/mol. The summed E-state index contributed by atoms with van der Waals surface area (Å²) in [7, 11) is -15.5. The maximum absolute atomic E-state index is 13.6. The highest BCUT2D eigenvalue weighted by Crippen LogP contribution is 2.43. The molecule has 2 aliphatic heterocycles. The number of aromatic carboxylic acids is 1. The Bertz CT molecular complexity index is 3590. The van der Waals surface area contributed by atoms with E-state index in [1.807, 2.05) is 47.0 Å². The van der Waals surface area contributed by atoms with E-state index in [0.29, 0.717) is 55.2 Å². The third-order valence-electron chi connectivity index (χ3n) is 11.7. The Balaban J connectivity index is 1.36. The van der Waals surface area contributed by atoms with Crippen LogP contribution in [0.1, 0.15) is 34.3 Å². The fourth-order valence-electron chi connectivity index (χ4n) is 8.31. The Labute approximate surface area is 434 Å². The highest BCUT2D eigenvalue weighted by Gasteiger charge is 2.35. The van der Waals surface area contributed by atoms with Gasteiger partial charge in [-0.2, -0.15) is 25.3 Å². The second kappa shape index (κ2) is 23.6. The average molecular weight is 1100 g/mol. The first kappa shape index (κ1) is 55.7. The zero-order chi connectivity index (χ0) is 55.0. The number of carboxylic acid groups (broad SMARTS) is 1. The van der Waals surface area contributed by atoms with Gasteiger partial charge in [0.15, 0.2) is 0 Å². The van der Waals surface area contributed by atoms with Gasteiger partial charge in [0.05, 0.1) is 10.9 Å². The van der Waals surface area contributed by atoms with Gasteiger partial charge in [-0.3, -0.25) is 42.6 Å². The standard InChI is InChI=1S/C49H49N7O17S3/c57-43-15-17-50-36-23-41-34(21-32(36)28-9-3-1-4-10-28)45(30-13-7-8-14-31(30)49(62)63)35-22-33(29-11-5-2-6-12-29)37(24-42(35)73-41)51-18-16-44(58)54-39(26-75(67,68)69)47(60)56-40(27-76(70,71)72)48(61)55-38(25-74(64,65)66)46(59)53-20-19-52-43/h1-14,21-24,38-40,51H,15-20,25-27H2,(H,52,57)(H,53,59)(H,54,58)(H,55,61)(H,56,60)(H,62,63)(H,64,65,66)(H,67,68,69)(H,70,71,72)/b50-36+. The minimum absolute atomic E-state index is 0.0281. The lowest BCUT2D eigenvalue weighted by Crippen LogP contribution is -2.60. The number of nitrogens with zero attached hydrogens (tertiary/aromatic N) is 1. The lowest BCUT2D eigenvalue weighted by Gasteiger charge is -2.25. The van der Waals surface area contributed by atoms with Gasteiger partial charge in [0.1, 0.15) is 46.9 Å². The van der Waals surface area contributed by atoms with E-state index in [2.05, 4.69) is 21.3 Å². The van der Waals surface area contributed by atoms with Crippen molar-refractivity contribution < 1.29 is 77.5 Å². The second-order valence-electron chi connectivity index (χ2n) is 17.3. The van der Waals surface area contributed by atoms with E-state index >= 15 is 0 Å². The predicted molar refractivity (Wildman–Crippen MR) is 273 cm³/mol. The fraction of sp³-hybridized carbons (Fsp3) is 0.245. The van der Waals surface area contributed by atoms with E-state index < -0.39 is 114 Å². The lowest BCUT2D eigenvalue weighted by molar-refractivity contribution is -0.132. The molecule has 0 fully saturated rings. The molecule has 5 aromatic carbocycles. The number of hydrogen-bond acceptors (Lipinski definition) is 15. The molecule has 10 N–H and O–H groups in total. The fourth-order valence-corrected chi connectivity index (χ4v) is 10.3. The Morgan fingerprint density at radius 3 is 1.67 bits per heavy atom. The SMILES string of the molecule is O=C1CC/N=c2\cc3c(cc2-c2ccccc2)=C(c2ccccc2C(=O)O)c2cc(-c4ccccc4)c(cc2O3)NCCC(=O)NC(CS(=O)(=O)O)C(=O)NC(CS(=O)(=O)O)C(=O)NC(CS(=O)(=O)O)C(=O)NCCN1. The van der Waals surface area contributed by atoms with Crippen LogP contribution in [0.5, 0.6) is 11.5 Å². The molecule has 0 spiro atoms. The van der Waals surface area contributed by atoms with Crippen molar-refractivity contribution in [3.05, 3.63) is 136 Å².